The zero-order chi connectivity index (χ0) is 10.0. The number of hydrogen-bond acceptors (Lipinski definition) is 2. The molecular weight excluding hydrogens is 357 g/mol. The Labute approximate surface area is 96.2 Å². The molecule has 13 heavy (non-hydrogen) atoms. The number of hydrogen-bond donors (Lipinski definition) is 1. The van der Waals surface area contributed by atoms with Gasteiger partial charge in [0.05, 0.1) is 3.57 Å². The number of rotatable bonds is 2. The van der Waals surface area contributed by atoms with E-state index in [0.717, 1.165) is 9.13 Å². The van der Waals surface area contributed by atoms with E-state index in [2.05, 4.69) is 20.9 Å². The summed E-state index contributed by atoms with van der Waals surface area (Å²) >= 11 is 5.18. The zero-order valence-electron chi connectivity index (χ0n) is 6.40. The SMILES string of the molecule is Nc1nc(C(F)F)cc(CBr)c1I. The summed E-state index contributed by atoms with van der Waals surface area (Å²) in [6.45, 7) is 0. The Morgan fingerprint density at radius 3 is 2.69 bits per heavy atom. The standard InChI is InChI=1S/C7H6BrF2IN2/c8-2-3-1-4(6(9)10)13-7(12)5(3)11/h1,6H,2H2,(H2,12,13). The molecule has 0 aliphatic rings. The third-order valence-electron chi connectivity index (χ3n) is 1.45. The Balaban J connectivity index is 3.22. The first-order valence-corrected chi connectivity index (χ1v) is 5.55. The topological polar surface area (TPSA) is 38.9 Å². The summed E-state index contributed by atoms with van der Waals surface area (Å²) in [5.74, 6) is 0.160. The van der Waals surface area contributed by atoms with Crippen LogP contribution in [0.3, 0.4) is 0 Å². The predicted molar refractivity (Wildman–Crippen MR) is 59.0 cm³/mol. The molecule has 6 heteroatoms. The average Bonchev–Trinajstić information content (AvgIpc) is 2.09. The summed E-state index contributed by atoms with van der Waals surface area (Å²) in [7, 11) is 0. The highest BCUT2D eigenvalue weighted by atomic mass is 127. The number of pyridine rings is 1. The molecule has 0 aromatic carbocycles. The Bertz CT molecular complexity index is 320. The second-order valence-electron chi connectivity index (χ2n) is 2.34. The lowest BCUT2D eigenvalue weighted by atomic mass is 10.2. The largest absolute Gasteiger partial charge is 0.383 e. The third-order valence-corrected chi connectivity index (χ3v) is 3.30. The van der Waals surface area contributed by atoms with Crippen LogP contribution in [0.25, 0.3) is 0 Å². The molecule has 72 valence electrons. The molecule has 0 saturated heterocycles. The lowest BCUT2D eigenvalue weighted by Gasteiger charge is -2.06. The smallest absolute Gasteiger partial charge is 0.280 e. The summed E-state index contributed by atoms with van der Waals surface area (Å²) in [5.41, 5.74) is 5.93. The average molecular weight is 363 g/mol. The number of nitrogens with zero attached hydrogens (tertiary/aromatic N) is 1. The summed E-state index contributed by atoms with van der Waals surface area (Å²) in [4.78, 5) is 3.58. The van der Waals surface area contributed by atoms with Gasteiger partial charge in [0.1, 0.15) is 11.5 Å². The molecule has 1 heterocycles. The van der Waals surface area contributed by atoms with E-state index in [0.29, 0.717) is 5.33 Å². The third kappa shape index (κ3) is 2.49. The molecule has 0 spiro atoms. The molecule has 0 bridgehead atoms. The van der Waals surface area contributed by atoms with Crippen LogP contribution in [0.4, 0.5) is 14.6 Å². The maximum absolute atomic E-state index is 12.3. The Hall–Kier alpha value is 0.0200. The monoisotopic (exact) mass is 362 g/mol. The molecule has 1 aromatic heterocycles. The quantitative estimate of drug-likeness (QED) is 0.648. The van der Waals surface area contributed by atoms with Gasteiger partial charge >= 0.3 is 0 Å². The number of aromatic nitrogens is 1. The van der Waals surface area contributed by atoms with Crippen LogP contribution in [0.15, 0.2) is 6.07 Å². The summed E-state index contributed by atoms with van der Waals surface area (Å²) in [6.07, 6.45) is -2.57. The highest BCUT2D eigenvalue weighted by Gasteiger charge is 2.13. The van der Waals surface area contributed by atoms with Crippen molar-refractivity contribution < 1.29 is 8.78 Å². The van der Waals surface area contributed by atoms with Crippen molar-refractivity contribution in [2.45, 2.75) is 11.8 Å². The van der Waals surface area contributed by atoms with Crippen molar-refractivity contribution in [3.8, 4) is 0 Å². The molecule has 0 aliphatic heterocycles. The van der Waals surface area contributed by atoms with Gasteiger partial charge in [-0.15, -0.1) is 0 Å². The highest BCUT2D eigenvalue weighted by Crippen LogP contribution is 2.25. The minimum absolute atomic E-state index is 0.160. The number of nitrogens with two attached hydrogens (primary N) is 1. The van der Waals surface area contributed by atoms with E-state index in [1.807, 2.05) is 22.6 Å². The Morgan fingerprint density at radius 2 is 2.23 bits per heavy atom. The molecule has 0 unspecified atom stereocenters. The van der Waals surface area contributed by atoms with Gasteiger partial charge in [0, 0.05) is 5.33 Å². The fourth-order valence-corrected chi connectivity index (χ4v) is 2.27. The van der Waals surface area contributed by atoms with Crippen LogP contribution in [0.2, 0.25) is 0 Å². The second-order valence-corrected chi connectivity index (χ2v) is 3.98. The molecule has 0 aliphatic carbocycles. The van der Waals surface area contributed by atoms with Crippen molar-refractivity contribution in [3.05, 3.63) is 20.9 Å². The minimum Gasteiger partial charge on any atom is -0.383 e. The van der Waals surface area contributed by atoms with Crippen molar-refractivity contribution in [1.29, 1.82) is 0 Å². The summed E-state index contributed by atoms with van der Waals surface area (Å²) in [6, 6.07) is 1.36. The fourth-order valence-electron chi connectivity index (χ4n) is 0.836. The molecule has 1 aromatic rings. The molecule has 0 fully saturated rings. The molecule has 0 amide bonds. The first-order valence-electron chi connectivity index (χ1n) is 3.35. The van der Waals surface area contributed by atoms with Gasteiger partial charge in [-0.2, -0.15) is 0 Å². The molecule has 2 N–H and O–H groups in total. The van der Waals surface area contributed by atoms with Crippen molar-refractivity contribution in [2.24, 2.45) is 0 Å². The predicted octanol–water partition coefficient (Wildman–Crippen LogP) is 3.10. The van der Waals surface area contributed by atoms with Gasteiger partial charge in [-0.1, -0.05) is 15.9 Å². The van der Waals surface area contributed by atoms with E-state index in [4.69, 9.17) is 5.73 Å². The van der Waals surface area contributed by atoms with Crippen LogP contribution in [0, 0.1) is 3.57 Å². The van der Waals surface area contributed by atoms with Crippen molar-refractivity contribution in [2.75, 3.05) is 5.73 Å². The van der Waals surface area contributed by atoms with Gasteiger partial charge < -0.3 is 5.73 Å². The van der Waals surface area contributed by atoms with E-state index in [-0.39, 0.29) is 11.5 Å². The summed E-state index contributed by atoms with van der Waals surface area (Å²) < 4.78 is 25.2. The minimum atomic E-state index is -2.57. The molecule has 0 saturated carbocycles. The van der Waals surface area contributed by atoms with Crippen LogP contribution >= 0.6 is 38.5 Å². The number of nitrogen functional groups attached to an aromatic ring is 1. The van der Waals surface area contributed by atoms with E-state index in [9.17, 15) is 8.78 Å². The number of anilines is 1. The highest BCUT2D eigenvalue weighted by molar-refractivity contribution is 14.1. The second kappa shape index (κ2) is 4.50. The molecule has 0 atom stereocenters. The maximum atomic E-state index is 12.3. The maximum Gasteiger partial charge on any atom is 0.280 e. The number of halogens is 4. The van der Waals surface area contributed by atoms with Gasteiger partial charge in [0.2, 0.25) is 0 Å². The van der Waals surface area contributed by atoms with Gasteiger partial charge in [-0.05, 0) is 34.2 Å². The first kappa shape index (κ1) is 11.1. The summed E-state index contributed by atoms with van der Waals surface area (Å²) in [5, 5.41) is 0.498. The van der Waals surface area contributed by atoms with Crippen molar-refractivity contribution in [1.82, 2.24) is 4.98 Å². The van der Waals surface area contributed by atoms with E-state index in [1.165, 1.54) is 6.07 Å². The van der Waals surface area contributed by atoms with Crippen LogP contribution < -0.4 is 5.73 Å². The molecular formula is C7H6BrF2IN2. The van der Waals surface area contributed by atoms with Crippen LogP contribution in [0.5, 0.6) is 0 Å². The van der Waals surface area contributed by atoms with E-state index < -0.39 is 6.43 Å². The first-order chi connectivity index (χ1) is 6.06. The Kier molecular flexibility index (Phi) is 3.84. The molecule has 1 rings (SSSR count). The van der Waals surface area contributed by atoms with Crippen LogP contribution in [-0.4, -0.2) is 4.98 Å². The van der Waals surface area contributed by atoms with Gasteiger partial charge in [-0.25, -0.2) is 13.8 Å². The fraction of sp³-hybridized carbons (Fsp3) is 0.286. The van der Waals surface area contributed by atoms with Crippen LogP contribution in [-0.2, 0) is 5.33 Å². The molecule has 2 nitrogen and oxygen atoms in total. The normalized spacial score (nSPS) is 10.8. The number of alkyl halides is 3. The van der Waals surface area contributed by atoms with Crippen molar-refractivity contribution in [3.63, 3.8) is 0 Å². The van der Waals surface area contributed by atoms with E-state index >= 15 is 0 Å². The van der Waals surface area contributed by atoms with Crippen LogP contribution in [0.1, 0.15) is 17.7 Å². The van der Waals surface area contributed by atoms with Gasteiger partial charge in [0.25, 0.3) is 6.43 Å². The lowest BCUT2D eigenvalue weighted by molar-refractivity contribution is 0.146. The lowest BCUT2D eigenvalue weighted by Crippen LogP contribution is -2.02. The van der Waals surface area contributed by atoms with E-state index in [1.54, 1.807) is 0 Å². The van der Waals surface area contributed by atoms with Crippen molar-refractivity contribution >= 4 is 44.3 Å². The van der Waals surface area contributed by atoms with Gasteiger partial charge in [-0.3, -0.25) is 0 Å². The Morgan fingerprint density at radius 1 is 1.62 bits per heavy atom. The molecule has 0 radical (unpaired) electrons. The van der Waals surface area contributed by atoms with Gasteiger partial charge in [0.15, 0.2) is 0 Å². The zero-order valence-corrected chi connectivity index (χ0v) is 10.1.